The highest BCUT2D eigenvalue weighted by molar-refractivity contribution is 5.91. The van der Waals surface area contributed by atoms with Crippen molar-refractivity contribution in [3.63, 3.8) is 0 Å². The average Bonchev–Trinajstić information content (AvgIpc) is 2.72. The molecule has 0 amide bonds. The van der Waals surface area contributed by atoms with Gasteiger partial charge in [-0.2, -0.15) is 0 Å². The Morgan fingerprint density at radius 1 is 1.18 bits per heavy atom. The van der Waals surface area contributed by atoms with Gasteiger partial charge in [0, 0.05) is 6.42 Å². The summed E-state index contributed by atoms with van der Waals surface area (Å²) in [5.41, 5.74) is 1.25. The molecule has 0 spiro atoms. The van der Waals surface area contributed by atoms with Crippen LogP contribution in [0.3, 0.4) is 0 Å². The van der Waals surface area contributed by atoms with E-state index in [2.05, 4.69) is 13.8 Å². The lowest BCUT2D eigenvalue weighted by atomic mass is 9.47. The van der Waals surface area contributed by atoms with Crippen LogP contribution in [0.25, 0.3) is 0 Å². The van der Waals surface area contributed by atoms with Crippen LogP contribution < -0.4 is 0 Å². The number of hydrogen-bond donors (Lipinski definition) is 1. The highest BCUT2D eigenvalue weighted by Gasteiger charge is 2.61. The van der Waals surface area contributed by atoms with Gasteiger partial charge in [0.05, 0.1) is 6.10 Å². The van der Waals surface area contributed by atoms with Crippen molar-refractivity contribution in [3.8, 4) is 0 Å². The number of aliphatic hydroxyl groups excluding tert-OH is 1. The van der Waals surface area contributed by atoms with E-state index in [0.717, 1.165) is 32.1 Å². The van der Waals surface area contributed by atoms with Crippen molar-refractivity contribution in [1.82, 2.24) is 0 Å². The number of hydrogen-bond acceptors (Lipinski definition) is 2. The van der Waals surface area contributed by atoms with Gasteiger partial charge in [0.1, 0.15) is 6.17 Å². The van der Waals surface area contributed by atoms with E-state index in [-0.39, 0.29) is 16.6 Å². The molecule has 4 aliphatic carbocycles. The highest BCUT2D eigenvalue weighted by Crippen LogP contribution is 2.65. The molecule has 0 heterocycles. The molecule has 3 unspecified atom stereocenters. The summed E-state index contributed by atoms with van der Waals surface area (Å²) in [6, 6.07) is 0. The molecular formula is C19H27FO2. The second-order valence-electron chi connectivity index (χ2n) is 8.71. The first-order chi connectivity index (χ1) is 10.4. The first kappa shape index (κ1) is 14.9. The minimum Gasteiger partial charge on any atom is -0.390 e. The molecule has 3 fully saturated rings. The van der Waals surface area contributed by atoms with Crippen molar-refractivity contribution < 1.29 is 14.3 Å². The molecular weight excluding hydrogens is 279 g/mol. The molecule has 2 nitrogen and oxygen atoms in total. The summed E-state index contributed by atoms with van der Waals surface area (Å²) in [5, 5.41) is 10.3. The van der Waals surface area contributed by atoms with Gasteiger partial charge >= 0.3 is 0 Å². The lowest BCUT2D eigenvalue weighted by molar-refractivity contribution is -0.118. The van der Waals surface area contributed by atoms with E-state index in [1.807, 2.05) is 6.08 Å². The number of rotatable bonds is 0. The van der Waals surface area contributed by atoms with Gasteiger partial charge in [0.15, 0.2) is 5.78 Å². The fraction of sp³-hybridized carbons (Fsp3) is 0.842. The fourth-order valence-electron chi connectivity index (χ4n) is 6.50. The maximum atomic E-state index is 14.2. The predicted molar refractivity (Wildman–Crippen MR) is 83.0 cm³/mol. The minimum absolute atomic E-state index is 0.136. The van der Waals surface area contributed by atoms with Gasteiger partial charge in [0.25, 0.3) is 0 Å². The van der Waals surface area contributed by atoms with Gasteiger partial charge in [-0.3, -0.25) is 4.79 Å². The number of carbonyl (C=O) groups excluding carboxylic acids is 1. The molecule has 0 radical (unpaired) electrons. The molecule has 4 aliphatic rings. The van der Waals surface area contributed by atoms with E-state index in [1.54, 1.807) is 0 Å². The van der Waals surface area contributed by atoms with Crippen LogP contribution in [-0.4, -0.2) is 23.2 Å². The van der Waals surface area contributed by atoms with Crippen LogP contribution in [0.2, 0.25) is 0 Å². The summed E-state index contributed by atoms with van der Waals surface area (Å²) in [6.45, 7) is 4.44. The van der Waals surface area contributed by atoms with Crippen LogP contribution in [0.5, 0.6) is 0 Å². The number of ketones is 1. The number of alkyl halides is 1. The molecule has 4 rings (SSSR count). The Morgan fingerprint density at radius 2 is 1.95 bits per heavy atom. The second kappa shape index (κ2) is 4.66. The Bertz CT molecular complexity index is 542. The van der Waals surface area contributed by atoms with E-state index in [9.17, 15) is 14.3 Å². The zero-order valence-electron chi connectivity index (χ0n) is 13.6. The summed E-state index contributed by atoms with van der Waals surface area (Å²) < 4.78 is 14.2. The molecule has 0 aliphatic heterocycles. The molecule has 1 N–H and O–H groups in total. The smallest absolute Gasteiger partial charge is 0.155 e. The van der Waals surface area contributed by atoms with E-state index in [4.69, 9.17) is 0 Å². The van der Waals surface area contributed by atoms with Crippen LogP contribution >= 0.6 is 0 Å². The van der Waals surface area contributed by atoms with Gasteiger partial charge in [0.2, 0.25) is 0 Å². The monoisotopic (exact) mass is 306 g/mol. The zero-order chi connectivity index (χ0) is 15.7. The van der Waals surface area contributed by atoms with Gasteiger partial charge in [-0.1, -0.05) is 19.4 Å². The largest absolute Gasteiger partial charge is 0.390 e. The van der Waals surface area contributed by atoms with Gasteiger partial charge in [-0.25, -0.2) is 4.39 Å². The summed E-state index contributed by atoms with van der Waals surface area (Å²) in [5.74, 6) is 1.68. The lowest BCUT2D eigenvalue weighted by Crippen LogP contribution is -2.51. The molecule has 3 heteroatoms. The third kappa shape index (κ3) is 1.78. The third-order valence-corrected chi connectivity index (χ3v) is 7.90. The molecule has 0 saturated heterocycles. The van der Waals surface area contributed by atoms with Gasteiger partial charge in [-0.15, -0.1) is 0 Å². The highest BCUT2D eigenvalue weighted by atomic mass is 19.1. The Balaban J connectivity index is 1.69. The first-order valence-electron chi connectivity index (χ1n) is 8.92. The van der Waals surface area contributed by atoms with E-state index in [1.165, 1.54) is 5.57 Å². The van der Waals surface area contributed by atoms with E-state index in [0.29, 0.717) is 30.6 Å². The molecule has 0 aromatic rings. The maximum Gasteiger partial charge on any atom is 0.155 e. The average molecular weight is 306 g/mol. The Morgan fingerprint density at radius 3 is 2.73 bits per heavy atom. The first-order valence-corrected chi connectivity index (χ1v) is 8.92. The summed E-state index contributed by atoms with van der Waals surface area (Å²) in [4.78, 5) is 11.8. The van der Waals surface area contributed by atoms with Crippen molar-refractivity contribution in [2.24, 2.45) is 28.6 Å². The van der Waals surface area contributed by atoms with E-state index >= 15 is 0 Å². The van der Waals surface area contributed by atoms with Crippen molar-refractivity contribution in [2.75, 3.05) is 0 Å². The Hall–Kier alpha value is -0.700. The molecule has 122 valence electrons. The van der Waals surface area contributed by atoms with Gasteiger partial charge in [-0.05, 0) is 73.2 Å². The SMILES string of the molecule is C[C@]12CCC(=O)C=C1CCC1C2CC[C@@]2(C)C1C[C@@H](F)[C@@H]2O. The second-order valence-corrected chi connectivity index (χ2v) is 8.71. The van der Waals surface area contributed by atoms with Crippen molar-refractivity contribution in [2.45, 2.75) is 71.1 Å². The number of allylic oxidation sites excluding steroid dienone is 1. The summed E-state index contributed by atoms with van der Waals surface area (Å²) in [7, 11) is 0. The van der Waals surface area contributed by atoms with E-state index < -0.39 is 12.3 Å². The third-order valence-electron chi connectivity index (χ3n) is 7.90. The Labute approximate surface area is 132 Å². The zero-order valence-corrected chi connectivity index (χ0v) is 13.6. The van der Waals surface area contributed by atoms with Gasteiger partial charge < -0.3 is 5.11 Å². The van der Waals surface area contributed by atoms with Crippen LogP contribution in [0, 0.1) is 28.6 Å². The fourth-order valence-corrected chi connectivity index (χ4v) is 6.50. The standard InChI is InChI=1S/C19H27FO2/c1-18-7-5-12(21)9-11(18)3-4-13-14(18)6-8-19(2)15(13)10-16(20)17(19)22/h9,13-17,22H,3-8,10H2,1-2H3/t13?,14?,15?,16-,17+,18+,19+/m1/s1. The number of halogens is 1. The molecule has 22 heavy (non-hydrogen) atoms. The predicted octanol–water partition coefficient (Wildman–Crippen LogP) is 3.83. The molecule has 7 atom stereocenters. The topological polar surface area (TPSA) is 37.3 Å². The van der Waals surface area contributed by atoms with Crippen molar-refractivity contribution in [3.05, 3.63) is 11.6 Å². The number of carbonyl (C=O) groups is 1. The van der Waals surface area contributed by atoms with Crippen molar-refractivity contribution >= 4 is 5.78 Å². The normalized spacial score (nSPS) is 54.3. The molecule has 0 bridgehead atoms. The van der Waals surface area contributed by atoms with Crippen LogP contribution in [-0.2, 0) is 4.79 Å². The molecule has 0 aromatic heterocycles. The number of aliphatic hydroxyl groups is 1. The maximum absolute atomic E-state index is 14.2. The van der Waals surface area contributed by atoms with Crippen LogP contribution in [0.1, 0.15) is 58.8 Å². The Kier molecular flexibility index (Phi) is 3.15. The number of fused-ring (bicyclic) bond motifs is 5. The van der Waals surface area contributed by atoms with Crippen molar-refractivity contribution in [1.29, 1.82) is 0 Å². The quantitative estimate of drug-likeness (QED) is 0.738. The summed E-state index contributed by atoms with van der Waals surface area (Å²) in [6.07, 6.45) is 6.30. The molecule has 3 saturated carbocycles. The van der Waals surface area contributed by atoms with Crippen LogP contribution in [0.15, 0.2) is 11.6 Å². The molecule has 0 aromatic carbocycles. The minimum atomic E-state index is -1.05. The summed E-state index contributed by atoms with van der Waals surface area (Å²) >= 11 is 0. The van der Waals surface area contributed by atoms with Crippen LogP contribution in [0.4, 0.5) is 4.39 Å². The lowest BCUT2D eigenvalue weighted by Gasteiger charge is -2.57.